The second kappa shape index (κ2) is 9.62. The van der Waals surface area contributed by atoms with Gasteiger partial charge in [0.25, 0.3) is 0 Å². The van der Waals surface area contributed by atoms with E-state index in [4.69, 9.17) is 16.3 Å². The quantitative estimate of drug-likeness (QED) is 0.521. The molecule has 1 unspecified atom stereocenters. The Bertz CT molecular complexity index is 1290. The molecule has 1 atom stereocenters. The van der Waals surface area contributed by atoms with Crippen LogP contribution in [-0.4, -0.2) is 33.9 Å². The molecule has 2 aromatic carbocycles. The minimum atomic E-state index is -0.907. The van der Waals surface area contributed by atoms with E-state index >= 15 is 0 Å². The summed E-state index contributed by atoms with van der Waals surface area (Å²) in [5.41, 5.74) is 3.52. The van der Waals surface area contributed by atoms with Crippen LogP contribution in [0, 0.1) is 0 Å². The predicted molar refractivity (Wildman–Crippen MR) is 139 cm³/mol. The maximum atomic E-state index is 13.8. The Morgan fingerprint density at radius 3 is 2.49 bits per heavy atom. The molecule has 2 amide bonds. The van der Waals surface area contributed by atoms with E-state index in [9.17, 15) is 9.59 Å². The van der Waals surface area contributed by atoms with Crippen molar-refractivity contribution in [2.24, 2.45) is 0 Å². The Morgan fingerprint density at radius 1 is 1.11 bits per heavy atom. The fraction of sp³-hybridized carbons (Fsp3) is 0.286. The van der Waals surface area contributed by atoms with Crippen molar-refractivity contribution in [3.63, 3.8) is 0 Å². The van der Waals surface area contributed by atoms with Gasteiger partial charge in [0.1, 0.15) is 11.8 Å². The number of hydrogen-bond donors (Lipinski definition) is 1. The predicted octanol–water partition coefficient (Wildman–Crippen LogP) is 5.54. The number of nitrogens with zero attached hydrogens (tertiary/aromatic N) is 2. The highest BCUT2D eigenvalue weighted by atomic mass is 35.5. The van der Waals surface area contributed by atoms with Crippen LogP contribution in [-0.2, 0) is 16.1 Å². The lowest BCUT2D eigenvalue weighted by Gasteiger charge is -2.34. The van der Waals surface area contributed by atoms with Crippen molar-refractivity contribution in [2.45, 2.75) is 45.8 Å². The molecule has 35 heavy (non-hydrogen) atoms. The first-order valence-electron chi connectivity index (χ1n) is 11.5. The van der Waals surface area contributed by atoms with E-state index in [2.05, 4.69) is 5.32 Å². The van der Waals surface area contributed by atoms with Gasteiger partial charge in [-0.15, -0.1) is 0 Å². The van der Waals surface area contributed by atoms with E-state index < -0.39 is 11.6 Å². The number of amides is 2. The highest BCUT2D eigenvalue weighted by molar-refractivity contribution is 6.30. The molecule has 0 aliphatic carbocycles. The van der Waals surface area contributed by atoms with Crippen molar-refractivity contribution < 1.29 is 14.3 Å². The Balaban J connectivity index is 1.94. The minimum absolute atomic E-state index is 0.232. The first-order chi connectivity index (χ1) is 16.6. The summed E-state index contributed by atoms with van der Waals surface area (Å²) in [6, 6.07) is 15.9. The highest BCUT2D eigenvalue weighted by Gasteiger charge is 2.36. The molecule has 1 aliphatic rings. The van der Waals surface area contributed by atoms with Gasteiger partial charge in [-0.2, -0.15) is 0 Å². The van der Waals surface area contributed by atoms with Crippen LogP contribution in [0.5, 0.6) is 5.75 Å². The summed E-state index contributed by atoms with van der Waals surface area (Å²) >= 11 is 6.45. The van der Waals surface area contributed by atoms with Crippen LogP contribution >= 0.6 is 11.6 Å². The van der Waals surface area contributed by atoms with Crippen molar-refractivity contribution in [2.75, 3.05) is 7.11 Å². The molecule has 7 heteroatoms. The highest BCUT2D eigenvalue weighted by Crippen LogP contribution is 2.35. The number of allylic oxidation sites excluding steroid dienone is 1. The summed E-state index contributed by atoms with van der Waals surface area (Å²) in [4.78, 5) is 29.2. The molecule has 0 saturated heterocycles. The summed E-state index contributed by atoms with van der Waals surface area (Å²) in [5, 5.41) is 3.57. The van der Waals surface area contributed by atoms with Gasteiger partial charge in [-0.25, -0.2) is 0 Å². The Labute approximate surface area is 211 Å². The largest absolute Gasteiger partial charge is 0.497 e. The number of ether oxygens (including phenoxy) is 1. The van der Waals surface area contributed by atoms with Gasteiger partial charge in [-0.05, 0) is 81.3 Å². The number of halogens is 1. The van der Waals surface area contributed by atoms with Crippen LogP contribution in [0.1, 0.15) is 50.6 Å². The lowest BCUT2D eigenvalue weighted by Crippen LogP contribution is -2.49. The van der Waals surface area contributed by atoms with Crippen molar-refractivity contribution in [1.82, 2.24) is 14.8 Å². The molecule has 182 valence electrons. The molecule has 1 aromatic heterocycles. The topological polar surface area (TPSA) is 63.6 Å². The lowest BCUT2D eigenvalue weighted by atomic mass is 9.99. The van der Waals surface area contributed by atoms with Crippen LogP contribution in [0.4, 0.5) is 0 Å². The van der Waals surface area contributed by atoms with E-state index in [-0.39, 0.29) is 18.4 Å². The number of hydrogen-bond acceptors (Lipinski definition) is 3. The number of benzene rings is 2. The standard InChI is InChI=1S/C28H30ClN3O3/c1-18-15-25(33)32(17-19-8-11-21(35-5)12-9-19)26(27(34)30-28(2,3)4)22-16-20(29)10-13-24(22)31-14-6-7-23(18)31/h6-16,26H,17H2,1-5H3,(H,30,34)/b18-15-. The van der Waals surface area contributed by atoms with Crippen LogP contribution in [0.15, 0.2) is 66.9 Å². The molecule has 2 heterocycles. The van der Waals surface area contributed by atoms with Gasteiger partial charge in [0.2, 0.25) is 11.8 Å². The van der Waals surface area contributed by atoms with Gasteiger partial charge in [0, 0.05) is 40.6 Å². The van der Waals surface area contributed by atoms with E-state index in [1.54, 1.807) is 30.2 Å². The number of aromatic nitrogens is 1. The molecule has 4 rings (SSSR count). The monoisotopic (exact) mass is 491 g/mol. The smallest absolute Gasteiger partial charge is 0.248 e. The molecule has 0 spiro atoms. The summed E-state index contributed by atoms with van der Waals surface area (Å²) in [6.45, 7) is 7.89. The average Bonchev–Trinajstić information content (AvgIpc) is 3.28. The average molecular weight is 492 g/mol. The van der Waals surface area contributed by atoms with E-state index in [0.717, 1.165) is 28.3 Å². The van der Waals surface area contributed by atoms with E-state index in [1.807, 2.05) is 80.9 Å². The van der Waals surface area contributed by atoms with Crippen molar-refractivity contribution in [3.8, 4) is 11.4 Å². The summed E-state index contributed by atoms with van der Waals surface area (Å²) < 4.78 is 7.28. The maximum Gasteiger partial charge on any atom is 0.248 e. The Kier molecular flexibility index (Phi) is 6.77. The van der Waals surface area contributed by atoms with Crippen LogP contribution in [0.3, 0.4) is 0 Å². The number of rotatable bonds is 4. The number of nitrogens with one attached hydrogen (secondary N) is 1. The molecule has 0 radical (unpaired) electrons. The molecular weight excluding hydrogens is 462 g/mol. The van der Waals surface area contributed by atoms with Crippen LogP contribution in [0.25, 0.3) is 11.3 Å². The summed E-state index contributed by atoms with van der Waals surface area (Å²) in [6.07, 6.45) is 3.53. The third-order valence-corrected chi connectivity index (χ3v) is 6.12. The zero-order valence-corrected chi connectivity index (χ0v) is 21.4. The van der Waals surface area contributed by atoms with Gasteiger partial charge >= 0.3 is 0 Å². The van der Waals surface area contributed by atoms with E-state index in [1.165, 1.54) is 0 Å². The number of methoxy groups -OCH3 is 1. The van der Waals surface area contributed by atoms with Gasteiger partial charge in [-0.1, -0.05) is 23.7 Å². The zero-order chi connectivity index (χ0) is 25.3. The number of fused-ring (bicyclic) bond motifs is 3. The molecule has 3 aromatic rings. The second-order valence-corrected chi connectivity index (χ2v) is 10.2. The normalized spacial score (nSPS) is 17.3. The van der Waals surface area contributed by atoms with E-state index in [0.29, 0.717) is 10.6 Å². The summed E-state index contributed by atoms with van der Waals surface area (Å²) in [5.74, 6) is 0.191. The number of carbonyl (C=O) groups excluding carboxylic acids is 2. The second-order valence-electron chi connectivity index (χ2n) is 9.75. The summed E-state index contributed by atoms with van der Waals surface area (Å²) in [7, 11) is 1.61. The fourth-order valence-electron chi connectivity index (χ4n) is 4.33. The minimum Gasteiger partial charge on any atom is -0.497 e. The third kappa shape index (κ3) is 5.28. The van der Waals surface area contributed by atoms with Crippen LogP contribution < -0.4 is 10.1 Å². The van der Waals surface area contributed by atoms with Gasteiger partial charge in [0.15, 0.2) is 0 Å². The molecular formula is C28H30ClN3O3. The third-order valence-electron chi connectivity index (χ3n) is 5.89. The molecule has 6 nitrogen and oxygen atoms in total. The van der Waals surface area contributed by atoms with Crippen molar-refractivity contribution >= 4 is 29.0 Å². The molecule has 1 N–H and O–H groups in total. The Morgan fingerprint density at radius 2 is 1.83 bits per heavy atom. The Hall–Kier alpha value is -3.51. The van der Waals surface area contributed by atoms with Gasteiger partial charge < -0.3 is 19.5 Å². The van der Waals surface area contributed by atoms with Gasteiger partial charge in [0.05, 0.1) is 12.8 Å². The molecule has 0 saturated carbocycles. The van der Waals surface area contributed by atoms with Crippen molar-refractivity contribution in [1.29, 1.82) is 0 Å². The molecule has 0 bridgehead atoms. The fourth-order valence-corrected chi connectivity index (χ4v) is 4.51. The first kappa shape index (κ1) is 24.6. The SMILES string of the molecule is COc1ccc(CN2C(=O)/C=C(/C)c3cccn3-c3ccc(Cl)cc3C2C(=O)NC(C)(C)C)cc1. The van der Waals surface area contributed by atoms with Gasteiger partial charge in [-0.3, -0.25) is 9.59 Å². The first-order valence-corrected chi connectivity index (χ1v) is 11.9. The number of carbonyl (C=O) groups is 2. The van der Waals surface area contributed by atoms with Crippen LogP contribution in [0.2, 0.25) is 5.02 Å². The zero-order valence-electron chi connectivity index (χ0n) is 20.6. The lowest BCUT2D eigenvalue weighted by molar-refractivity contribution is -0.138. The molecule has 0 fully saturated rings. The van der Waals surface area contributed by atoms with Crippen molar-refractivity contribution in [3.05, 3.63) is 88.7 Å². The molecule has 1 aliphatic heterocycles. The maximum absolute atomic E-state index is 13.8.